The van der Waals surface area contributed by atoms with Crippen molar-refractivity contribution < 1.29 is 25.2 Å². The maximum Gasteiger partial charge on any atom is 0.417 e. The first-order valence-electron chi connectivity index (χ1n) is 7.29. The zero-order valence-electron chi connectivity index (χ0n) is 13.8. The van der Waals surface area contributed by atoms with E-state index in [1.54, 1.807) is 12.1 Å². The minimum Gasteiger partial charge on any atom is -0.193 e. The van der Waals surface area contributed by atoms with Crippen molar-refractivity contribution in [3.05, 3.63) is 59.7 Å². The Hall–Kier alpha value is -1.51. The van der Waals surface area contributed by atoms with Gasteiger partial charge in [-0.05, 0) is 35.2 Å². The zero-order valence-corrected chi connectivity index (χ0v) is 15.4. The van der Waals surface area contributed by atoms with Gasteiger partial charge in [0.05, 0.1) is 5.56 Å². The first-order chi connectivity index (χ1) is 11.4. The quantitative estimate of drug-likeness (QED) is 0.654. The molecule has 8 heteroatoms. The van der Waals surface area contributed by atoms with Crippen molar-refractivity contribution in [2.75, 3.05) is 0 Å². The average Bonchev–Trinajstić information content (AvgIpc) is 2.52. The largest absolute Gasteiger partial charge is 0.417 e. The van der Waals surface area contributed by atoms with Crippen molar-refractivity contribution >= 4 is 22.2 Å². The smallest absolute Gasteiger partial charge is 0.193 e. The summed E-state index contributed by atoms with van der Waals surface area (Å²) in [5.41, 5.74) is -0.275. The lowest BCUT2D eigenvalue weighted by molar-refractivity contribution is -0.139. The molecular weight excluding hydrogens is 373 g/mol. The Bertz CT molecular complexity index is 837. The van der Waals surface area contributed by atoms with Gasteiger partial charge in [0.15, 0.2) is 0 Å². The van der Waals surface area contributed by atoms with Crippen LogP contribution in [0.15, 0.2) is 58.3 Å². The molecule has 0 atom stereocenters. The number of halogens is 3. The van der Waals surface area contributed by atoms with Crippen LogP contribution in [0.3, 0.4) is 0 Å². The van der Waals surface area contributed by atoms with Crippen molar-refractivity contribution in [3.63, 3.8) is 0 Å². The van der Waals surface area contributed by atoms with Crippen LogP contribution in [-0.2, 0) is 25.3 Å². The van der Waals surface area contributed by atoms with E-state index < -0.39 is 26.8 Å². The fourth-order valence-corrected chi connectivity index (χ4v) is 3.96. The standard InChI is InChI=1S/C17H17F3O3S2/c1-16(2,3)12-8-10-13(11-9-12)24-23-25(21,22)15-7-5-4-6-14(15)17(18,19)20/h4-11H,1-3H3. The average molecular weight is 390 g/mol. The van der Waals surface area contributed by atoms with Crippen molar-refractivity contribution in [3.8, 4) is 0 Å². The third kappa shape index (κ3) is 4.99. The summed E-state index contributed by atoms with van der Waals surface area (Å²) in [5.74, 6) is 0. The van der Waals surface area contributed by atoms with Crippen molar-refractivity contribution in [2.45, 2.75) is 42.2 Å². The Balaban J connectivity index is 2.21. The molecule has 0 aliphatic rings. The number of hydrogen-bond donors (Lipinski definition) is 0. The summed E-state index contributed by atoms with van der Waals surface area (Å²) in [5, 5.41) is 0. The summed E-state index contributed by atoms with van der Waals surface area (Å²) in [6, 6.07) is 10.9. The summed E-state index contributed by atoms with van der Waals surface area (Å²) in [7, 11) is -4.57. The van der Waals surface area contributed by atoms with Gasteiger partial charge < -0.3 is 0 Å². The van der Waals surface area contributed by atoms with Gasteiger partial charge in [-0.15, -0.1) is 0 Å². The highest BCUT2D eigenvalue weighted by Gasteiger charge is 2.37. The molecular formula is C17H17F3O3S2. The molecule has 2 aromatic carbocycles. The van der Waals surface area contributed by atoms with Gasteiger partial charge in [0.25, 0.3) is 0 Å². The molecule has 2 aromatic rings. The molecule has 0 saturated carbocycles. The summed E-state index contributed by atoms with van der Waals surface area (Å²) in [4.78, 5) is -0.428. The first kappa shape index (κ1) is 19.8. The van der Waals surface area contributed by atoms with E-state index >= 15 is 0 Å². The minimum absolute atomic E-state index is 0.0677. The van der Waals surface area contributed by atoms with Gasteiger partial charge >= 0.3 is 16.3 Å². The molecule has 3 nitrogen and oxygen atoms in total. The molecule has 0 heterocycles. The normalized spacial score (nSPS) is 13.0. The van der Waals surface area contributed by atoms with Gasteiger partial charge in [0.1, 0.15) is 4.90 Å². The second-order valence-electron chi connectivity index (χ2n) is 6.37. The molecule has 0 fully saturated rings. The van der Waals surface area contributed by atoms with E-state index in [1.807, 2.05) is 32.9 Å². The Kier molecular flexibility index (Phi) is 5.56. The van der Waals surface area contributed by atoms with E-state index in [4.69, 9.17) is 3.63 Å². The lowest BCUT2D eigenvalue weighted by Gasteiger charge is -2.19. The lowest BCUT2D eigenvalue weighted by Crippen LogP contribution is -2.13. The molecule has 0 aromatic heterocycles. The Morgan fingerprint density at radius 1 is 0.920 bits per heavy atom. The SMILES string of the molecule is CC(C)(C)c1ccc(SOS(=O)(=O)c2ccccc2C(F)(F)F)cc1. The molecule has 0 aliphatic carbocycles. The van der Waals surface area contributed by atoms with Gasteiger partial charge in [-0.25, -0.2) is 0 Å². The third-order valence-electron chi connectivity index (χ3n) is 3.40. The molecule has 0 aliphatic heterocycles. The number of hydrogen-bond acceptors (Lipinski definition) is 4. The van der Waals surface area contributed by atoms with Crippen LogP contribution in [0, 0.1) is 0 Å². The van der Waals surface area contributed by atoms with E-state index in [-0.39, 0.29) is 5.41 Å². The van der Waals surface area contributed by atoms with Crippen molar-refractivity contribution in [2.24, 2.45) is 0 Å². The maximum absolute atomic E-state index is 13.0. The Morgan fingerprint density at radius 3 is 2.00 bits per heavy atom. The van der Waals surface area contributed by atoms with Gasteiger partial charge in [0, 0.05) is 16.9 Å². The first-order valence-corrected chi connectivity index (χ1v) is 9.44. The maximum atomic E-state index is 13.0. The summed E-state index contributed by atoms with van der Waals surface area (Å²) >= 11 is 0.506. The summed E-state index contributed by atoms with van der Waals surface area (Å²) in [6.07, 6.45) is -4.79. The van der Waals surface area contributed by atoms with Crippen LogP contribution < -0.4 is 0 Å². The molecule has 136 valence electrons. The number of alkyl halides is 3. The van der Waals surface area contributed by atoms with Crippen LogP contribution in [0.4, 0.5) is 13.2 Å². The molecule has 0 N–H and O–H groups in total. The van der Waals surface area contributed by atoms with Crippen LogP contribution in [0.25, 0.3) is 0 Å². The molecule has 0 radical (unpaired) electrons. The zero-order chi connectivity index (χ0) is 18.9. The van der Waals surface area contributed by atoms with Gasteiger partial charge in [-0.1, -0.05) is 45.0 Å². The summed E-state index contributed by atoms with van der Waals surface area (Å²) < 4.78 is 68.0. The molecule has 0 saturated heterocycles. The van der Waals surface area contributed by atoms with Crippen LogP contribution in [-0.4, -0.2) is 8.42 Å². The second kappa shape index (κ2) is 7.01. The molecule has 0 spiro atoms. The van der Waals surface area contributed by atoms with E-state index in [1.165, 1.54) is 6.07 Å². The molecule has 2 rings (SSSR count). The van der Waals surface area contributed by atoms with Crippen LogP contribution in [0.1, 0.15) is 31.9 Å². The lowest BCUT2D eigenvalue weighted by atomic mass is 9.87. The third-order valence-corrected chi connectivity index (χ3v) is 5.75. The van der Waals surface area contributed by atoms with Gasteiger partial charge in [0.2, 0.25) is 0 Å². The highest BCUT2D eigenvalue weighted by atomic mass is 32.3. The highest BCUT2D eigenvalue weighted by Crippen LogP contribution is 2.36. The van der Waals surface area contributed by atoms with Crippen LogP contribution in [0.5, 0.6) is 0 Å². The predicted octanol–water partition coefficient (Wildman–Crippen LogP) is 5.42. The molecule has 0 amide bonds. The Morgan fingerprint density at radius 2 is 1.48 bits per heavy atom. The van der Waals surface area contributed by atoms with E-state index in [2.05, 4.69) is 0 Å². The summed E-state index contributed by atoms with van der Waals surface area (Å²) in [6.45, 7) is 6.10. The number of rotatable bonds is 4. The van der Waals surface area contributed by atoms with Crippen LogP contribution >= 0.6 is 12.0 Å². The fourth-order valence-electron chi connectivity index (χ4n) is 2.05. The van der Waals surface area contributed by atoms with Gasteiger partial charge in [-0.3, -0.25) is 0 Å². The minimum atomic E-state index is -4.79. The number of benzene rings is 2. The molecule has 0 unspecified atom stereocenters. The van der Waals surface area contributed by atoms with E-state index in [0.717, 1.165) is 17.7 Å². The second-order valence-corrected chi connectivity index (χ2v) is 8.90. The van der Waals surface area contributed by atoms with Gasteiger partial charge in [-0.2, -0.15) is 25.2 Å². The monoisotopic (exact) mass is 390 g/mol. The van der Waals surface area contributed by atoms with Crippen molar-refractivity contribution in [1.82, 2.24) is 0 Å². The Labute approximate surface area is 149 Å². The van der Waals surface area contributed by atoms with Crippen molar-refractivity contribution in [1.29, 1.82) is 0 Å². The fraction of sp³-hybridized carbons (Fsp3) is 0.294. The van der Waals surface area contributed by atoms with Crippen LogP contribution in [0.2, 0.25) is 0 Å². The van der Waals surface area contributed by atoms with E-state index in [9.17, 15) is 21.6 Å². The molecule has 25 heavy (non-hydrogen) atoms. The molecule has 0 bridgehead atoms. The topological polar surface area (TPSA) is 43.4 Å². The highest BCUT2D eigenvalue weighted by molar-refractivity contribution is 8.04. The van der Waals surface area contributed by atoms with E-state index in [0.29, 0.717) is 23.0 Å². The predicted molar refractivity (Wildman–Crippen MR) is 90.7 cm³/mol.